The van der Waals surface area contributed by atoms with Crippen molar-refractivity contribution in [3.63, 3.8) is 0 Å². The van der Waals surface area contributed by atoms with Gasteiger partial charge >= 0.3 is 0 Å². The Bertz CT molecular complexity index is 1690. The first kappa shape index (κ1) is 31.6. The molecule has 5 nitrogen and oxygen atoms in total. The van der Waals surface area contributed by atoms with Crippen LogP contribution in [0.15, 0.2) is 93.7 Å². The molecular weight excluding hydrogens is 650 g/mol. The van der Waals surface area contributed by atoms with Gasteiger partial charge in [-0.2, -0.15) is 0 Å². The summed E-state index contributed by atoms with van der Waals surface area (Å²) in [6.07, 6.45) is 2.31. The van der Waals surface area contributed by atoms with Crippen LogP contribution in [0.3, 0.4) is 0 Å². The molecule has 3 aromatic rings. The van der Waals surface area contributed by atoms with E-state index in [1.54, 1.807) is 7.11 Å². The number of benzene rings is 3. The fourth-order valence-electron chi connectivity index (χ4n) is 7.15. The second kappa shape index (κ2) is 12.1. The van der Waals surface area contributed by atoms with E-state index in [1.807, 2.05) is 54.6 Å². The second-order valence-corrected chi connectivity index (χ2v) is 15.3. The normalized spacial score (nSPS) is 19.4. The molecule has 3 aliphatic rings. The zero-order chi connectivity index (χ0) is 32.1. The van der Waals surface area contributed by atoms with Crippen molar-refractivity contribution < 1.29 is 19.1 Å². The van der Waals surface area contributed by atoms with Crippen molar-refractivity contribution in [2.75, 3.05) is 7.11 Å². The summed E-state index contributed by atoms with van der Waals surface area (Å²) >= 11 is 10.5. The average Bonchev–Trinajstić information content (AvgIpc) is 2.97. The molecule has 45 heavy (non-hydrogen) atoms. The van der Waals surface area contributed by atoms with Gasteiger partial charge in [0.25, 0.3) is 0 Å². The van der Waals surface area contributed by atoms with E-state index in [0.29, 0.717) is 53.7 Å². The largest absolute Gasteiger partial charge is 0.493 e. The van der Waals surface area contributed by atoms with Crippen LogP contribution >= 0.6 is 27.5 Å². The molecule has 234 valence electrons. The monoisotopic (exact) mass is 687 g/mol. The van der Waals surface area contributed by atoms with Gasteiger partial charge in [-0.05, 0) is 53.0 Å². The highest BCUT2D eigenvalue weighted by Crippen LogP contribution is 2.55. The minimum Gasteiger partial charge on any atom is -0.493 e. The van der Waals surface area contributed by atoms with Crippen molar-refractivity contribution >= 4 is 39.1 Å². The van der Waals surface area contributed by atoms with Crippen LogP contribution in [0.2, 0.25) is 5.02 Å². The smallest absolute Gasteiger partial charge is 0.180 e. The summed E-state index contributed by atoms with van der Waals surface area (Å²) in [6, 6.07) is 21.9. The van der Waals surface area contributed by atoms with E-state index in [1.165, 1.54) is 0 Å². The molecule has 0 aromatic heterocycles. The molecule has 0 atom stereocenters. The topological polar surface area (TPSA) is 55.8 Å². The van der Waals surface area contributed by atoms with Crippen LogP contribution in [0.4, 0.5) is 0 Å². The lowest BCUT2D eigenvalue weighted by Gasteiger charge is -2.49. The lowest BCUT2D eigenvalue weighted by molar-refractivity contribution is -0.119. The first-order valence-electron chi connectivity index (χ1n) is 15.4. The number of halogens is 2. The Balaban J connectivity index is 1.51. The molecular formula is C38H39BrClNO4. The van der Waals surface area contributed by atoms with Crippen LogP contribution in [-0.4, -0.2) is 23.6 Å². The zero-order valence-electron chi connectivity index (χ0n) is 26.5. The van der Waals surface area contributed by atoms with Gasteiger partial charge in [-0.25, -0.2) is 0 Å². The second-order valence-electron chi connectivity index (χ2n) is 14.0. The Morgan fingerprint density at radius 2 is 1.42 bits per heavy atom. The van der Waals surface area contributed by atoms with Crippen molar-refractivity contribution in [1.82, 2.24) is 4.90 Å². The third-order valence-electron chi connectivity index (χ3n) is 9.12. The number of allylic oxidation sites excluding steroid dienone is 4. The van der Waals surface area contributed by atoms with E-state index in [0.717, 1.165) is 45.4 Å². The van der Waals surface area contributed by atoms with Gasteiger partial charge in [0, 0.05) is 57.9 Å². The van der Waals surface area contributed by atoms with Crippen molar-refractivity contribution in [1.29, 1.82) is 0 Å². The van der Waals surface area contributed by atoms with Gasteiger partial charge in [0.15, 0.2) is 23.1 Å². The van der Waals surface area contributed by atoms with E-state index >= 15 is 0 Å². The zero-order valence-corrected chi connectivity index (χ0v) is 28.8. The summed E-state index contributed by atoms with van der Waals surface area (Å²) in [5.74, 6) is 0.525. The Hall–Kier alpha value is -3.35. The minimum absolute atomic E-state index is 0.0813. The van der Waals surface area contributed by atoms with Crippen molar-refractivity contribution in [3.8, 4) is 11.5 Å². The summed E-state index contributed by atoms with van der Waals surface area (Å²) in [4.78, 5) is 30.7. The Kier molecular flexibility index (Phi) is 8.51. The first-order valence-corrected chi connectivity index (χ1v) is 16.6. The lowest BCUT2D eigenvalue weighted by Crippen LogP contribution is -2.44. The molecule has 3 aromatic carbocycles. The van der Waals surface area contributed by atoms with Crippen LogP contribution in [-0.2, 0) is 22.7 Å². The molecule has 0 saturated heterocycles. The number of rotatable bonds is 7. The lowest BCUT2D eigenvalue weighted by atomic mass is 9.63. The first-order chi connectivity index (χ1) is 21.4. The number of Topliss-reactive ketones (excluding diaryl/α,β-unsaturated/α-hetero) is 2. The van der Waals surface area contributed by atoms with E-state index < -0.39 is 5.92 Å². The van der Waals surface area contributed by atoms with Gasteiger partial charge in [-0.1, -0.05) is 104 Å². The van der Waals surface area contributed by atoms with Crippen LogP contribution in [0.1, 0.15) is 76.0 Å². The summed E-state index contributed by atoms with van der Waals surface area (Å²) in [5, 5.41) is 0.375. The number of carbonyl (C=O) groups is 2. The number of hydrogen-bond donors (Lipinski definition) is 0. The van der Waals surface area contributed by atoms with E-state index in [-0.39, 0.29) is 22.4 Å². The van der Waals surface area contributed by atoms with Gasteiger partial charge in [-0.15, -0.1) is 0 Å². The van der Waals surface area contributed by atoms with Gasteiger partial charge in [0.05, 0.1) is 12.1 Å². The summed E-state index contributed by atoms with van der Waals surface area (Å²) in [6.45, 7) is 9.51. The number of carbonyl (C=O) groups excluding carboxylic acids is 2. The average molecular weight is 689 g/mol. The molecule has 0 amide bonds. The SMILES string of the molecule is COc1cc(C2C3=C(CC(C)(C)CC3=O)N(Cc3ccccc3)C3=C2C(=O)CC(C)(C)C3)cc(Cl)c1OCc1ccccc1Br. The molecule has 1 aliphatic heterocycles. The maximum atomic E-state index is 14.2. The molecule has 6 rings (SSSR count). The van der Waals surface area contributed by atoms with Gasteiger partial charge in [0.1, 0.15) is 6.61 Å². The van der Waals surface area contributed by atoms with Crippen molar-refractivity contribution in [2.45, 2.75) is 72.4 Å². The highest BCUT2D eigenvalue weighted by atomic mass is 79.9. The third-order valence-corrected chi connectivity index (χ3v) is 10.2. The third kappa shape index (κ3) is 6.24. The Labute approximate surface area is 279 Å². The van der Waals surface area contributed by atoms with Gasteiger partial charge < -0.3 is 14.4 Å². The van der Waals surface area contributed by atoms with E-state index in [9.17, 15) is 9.59 Å². The van der Waals surface area contributed by atoms with Crippen molar-refractivity contribution in [2.24, 2.45) is 10.8 Å². The predicted molar refractivity (Wildman–Crippen MR) is 181 cm³/mol. The van der Waals surface area contributed by atoms with E-state index in [4.69, 9.17) is 21.1 Å². The number of nitrogens with zero attached hydrogens (tertiary/aromatic N) is 1. The molecule has 0 radical (unpaired) electrons. The molecule has 0 N–H and O–H groups in total. The number of ketones is 2. The molecule has 0 bridgehead atoms. The Morgan fingerprint density at radius 1 is 0.844 bits per heavy atom. The maximum Gasteiger partial charge on any atom is 0.180 e. The number of methoxy groups -OCH3 is 1. The quantitative estimate of drug-likeness (QED) is 0.248. The Morgan fingerprint density at radius 3 is 2.00 bits per heavy atom. The fraction of sp³-hybridized carbons (Fsp3) is 0.368. The van der Waals surface area contributed by atoms with E-state index in [2.05, 4.69) is 60.7 Å². The summed E-state index contributed by atoms with van der Waals surface area (Å²) in [7, 11) is 1.58. The summed E-state index contributed by atoms with van der Waals surface area (Å²) in [5.41, 5.74) is 5.90. The van der Waals surface area contributed by atoms with Crippen LogP contribution < -0.4 is 9.47 Å². The molecule has 7 heteroatoms. The van der Waals surface area contributed by atoms with Gasteiger partial charge in [-0.3, -0.25) is 9.59 Å². The molecule has 0 saturated carbocycles. The summed E-state index contributed by atoms with van der Waals surface area (Å²) < 4.78 is 13.0. The van der Waals surface area contributed by atoms with Crippen LogP contribution in [0.5, 0.6) is 11.5 Å². The predicted octanol–water partition coefficient (Wildman–Crippen LogP) is 9.58. The van der Waals surface area contributed by atoms with Gasteiger partial charge in [0.2, 0.25) is 0 Å². The maximum absolute atomic E-state index is 14.2. The number of hydrogen-bond acceptors (Lipinski definition) is 5. The van der Waals surface area contributed by atoms with Crippen LogP contribution in [0, 0.1) is 10.8 Å². The fourth-order valence-corrected chi connectivity index (χ4v) is 7.82. The molecule has 0 spiro atoms. The van der Waals surface area contributed by atoms with Crippen molar-refractivity contribution in [3.05, 3.63) is 115 Å². The highest BCUT2D eigenvalue weighted by Gasteiger charge is 2.49. The molecule has 0 fully saturated rings. The van der Waals surface area contributed by atoms with Crippen LogP contribution in [0.25, 0.3) is 0 Å². The number of ether oxygens (including phenoxy) is 2. The molecule has 0 unspecified atom stereocenters. The molecule has 1 heterocycles. The minimum atomic E-state index is -0.530. The standard InChI is InChI=1S/C38H39BrClNO4/c1-37(2)17-28-34(30(42)19-37)33(25-15-27(40)36(32(16-25)44-5)45-22-24-13-9-10-14-26(24)39)35-29(18-38(3,4)20-31(35)43)41(28)21-23-11-7-6-8-12-23/h6-16,33H,17-22H2,1-5H3. The molecule has 2 aliphatic carbocycles. The highest BCUT2D eigenvalue weighted by molar-refractivity contribution is 9.10.